The van der Waals surface area contributed by atoms with Gasteiger partial charge in [-0.25, -0.2) is 4.39 Å². The van der Waals surface area contributed by atoms with E-state index in [1.54, 1.807) is 12.1 Å². The number of nitrogens with zero attached hydrogens (tertiary/aromatic N) is 1. The molecular weight excluding hydrogens is 281 g/mol. The number of carbonyl (C=O) groups is 1. The summed E-state index contributed by atoms with van der Waals surface area (Å²) in [5.41, 5.74) is 0.662. The topological polar surface area (TPSA) is 44.4 Å². The predicted molar refractivity (Wildman–Crippen MR) is 87.3 cm³/mol. The molecule has 1 heterocycles. The van der Waals surface area contributed by atoms with Crippen molar-refractivity contribution in [1.29, 1.82) is 0 Å². The van der Waals surface area contributed by atoms with Crippen molar-refractivity contribution >= 4 is 11.6 Å². The van der Waals surface area contributed by atoms with Gasteiger partial charge in [0, 0.05) is 30.7 Å². The highest BCUT2D eigenvalue weighted by Crippen LogP contribution is 2.19. The van der Waals surface area contributed by atoms with E-state index >= 15 is 0 Å². The third-order valence-electron chi connectivity index (χ3n) is 4.05. The number of halogens is 1. The molecule has 0 atom stereocenters. The molecule has 0 spiro atoms. The van der Waals surface area contributed by atoms with Gasteiger partial charge in [0.15, 0.2) is 0 Å². The largest absolute Gasteiger partial charge is 0.326 e. The number of benzene rings is 1. The molecule has 1 fully saturated rings. The highest BCUT2D eigenvalue weighted by atomic mass is 19.1. The van der Waals surface area contributed by atoms with Crippen LogP contribution in [0.4, 0.5) is 10.1 Å². The minimum atomic E-state index is -0.290. The van der Waals surface area contributed by atoms with Crippen LogP contribution in [-0.4, -0.2) is 43.0 Å². The number of nitrogens with one attached hydrogen (secondary N) is 2. The van der Waals surface area contributed by atoms with Gasteiger partial charge in [-0.3, -0.25) is 4.79 Å². The number of likely N-dealkylation sites (tertiary alicyclic amines) is 1. The Balaban J connectivity index is 1.71. The van der Waals surface area contributed by atoms with Crippen molar-refractivity contribution < 1.29 is 9.18 Å². The summed E-state index contributed by atoms with van der Waals surface area (Å²) in [6, 6.07) is 6.43. The standard InChI is InChI=1S/C17H26FN3O/c1-13(2)19-9-12-21-10-7-14(8-11-21)17(22)20-16-5-3-15(18)4-6-16/h3-6,13-14,19H,7-12H2,1-2H3,(H,20,22). The molecule has 0 aliphatic carbocycles. The van der Waals surface area contributed by atoms with Gasteiger partial charge in [-0.15, -0.1) is 0 Å². The zero-order valence-corrected chi connectivity index (χ0v) is 13.4. The summed E-state index contributed by atoms with van der Waals surface area (Å²) >= 11 is 0. The van der Waals surface area contributed by atoms with E-state index in [0.29, 0.717) is 11.7 Å². The monoisotopic (exact) mass is 307 g/mol. The molecule has 0 aromatic heterocycles. The van der Waals surface area contributed by atoms with Gasteiger partial charge in [0.05, 0.1) is 0 Å². The number of piperidine rings is 1. The predicted octanol–water partition coefficient (Wildman–Crippen LogP) is 2.47. The lowest BCUT2D eigenvalue weighted by Crippen LogP contribution is -2.41. The third kappa shape index (κ3) is 5.39. The van der Waals surface area contributed by atoms with E-state index in [2.05, 4.69) is 29.4 Å². The molecule has 5 heteroatoms. The van der Waals surface area contributed by atoms with E-state index in [1.807, 2.05) is 0 Å². The van der Waals surface area contributed by atoms with E-state index < -0.39 is 0 Å². The summed E-state index contributed by atoms with van der Waals surface area (Å²) in [6.45, 7) is 8.23. The molecule has 0 bridgehead atoms. The second kappa shape index (κ2) is 8.25. The van der Waals surface area contributed by atoms with Crippen molar-refractivity contribution in [2.45, 2.75) is 32.7 Å². The summed E-state index contributed by atoms with van der Waals surface area (Å²) < 4.78 is 12.9. The Morgan fingerprint density at radius 1 is 1.27 bits per heavy atom. The van der Waals surface area contributed by atoms with Crippen LogP contribution in [0.15, 0.2) is 24.3 Å². The van der Waals surface area contributed by atoms with Gasteiger partial charge >= 0.3 is 0 Å². The van der Waals surface area contributed by atoms with Crippen molar-refractivity contribution in [2.75, 3.05) is 31.5 Å². The van der Waals surface area contributed by atoms with Crippen molar-refractivity contribution in [3.63, 3.8) is 0 Å². The second-order valence-electron chi connectivity index (χ2n) is 6.22. The Hall–Kier alpha value is -1.46. The van der Waals surface area contributed by atoms with Crippen LogP contribution in [0.25, 0.3) is 0 Å². The summed E-state index contributed by atoms with van der Waals surface area (Å²) in [7, 11) is 0. The first-order valence-corrected chi connectivity index (χ1v) is 8.07. The number of anilines is 1. The van der Waals surface area contributed by atoms with Crippen LogP contribution in [0.2, 0.25) is 0 Å². The summed E-state index contributed by atoms with van der Waals surface area (Å²) in [5, 5.41) is 6.29. The van der Waals surface area contributed by atoms with Crippen LogP contribution < -0.4 is 10.6 Å². The molecular formula is C17H26FN3O. The van der Waals surface area contributed by atoms with Gasteiger partial charge in [0.2, 0.25) is 5.91 Å². The summed E-state index contributed by atoms with van der Waals surface area (Å²) in [5.74, 6) is -0.188. The number of carbonyl (C=O) groups excluding carboxylic acids is 1. The Labute approximate surface area is 132 Å². The van der Waals surface area contributed by atoms with Gasteiger partial charge in [0.1, 0.15) is 5.82 Å². The minimum Gasteiger partial charge on any atom is -0.326 e. The van der Waals surface area contributed by atoms with Crippen LogP contribution in [0, 0.1) is 11.7 Å². The van der Waals surface area contributed by atoms with Gasteiger partial charge in [-0.2, -0.15) is 0 Å². The molecule has 2 rings (SSSR count). The average molecular weight is 307 g/mol. The van der Waals surface area contributed by atoms with Gasteiger partial charge in [-0.05, 0) is 50.2 Å². The molecule has 1 aromatic rings. The third-order valence-corrected chi connectivity index (χ3v) is 4.05. The lowest BCUT2D eigenvalue weighted by molar-refractivity contribution is -0.121. The smallest absolute Gasteiger partial charge is 0.227 e. The maximum atomic E-state index is 12.9. The Bertz CT molecular complexity index is 467. The van der Waals surface area contributed by atoms with E-state index in [9.17, 15) is 9.18 Å². The van der Waals surface area contributed by atoms with E-state index in [0.717, 1.165) is 39.0 Å². The van der Waals surface area contributed by atoms with Crippen molar-refractivity contribution in [3.05, 3.63) is 30.1 Å². The average Bonchev–Trinajstić information content (AvgIpc) is 2.50. The first-order valence-electron chi connectivity index (χ1n) is 8.07. The molecule has 0 saturated carbocycles. The maximum Gasteiger partial charge on any atom is 0.227 e. The van der Waals surface area contributed by atoms with E-state index in [1.165, 1.54) is 12.1 Å². The Morgan fingerprint density at radius 3 is 2.50 bits per heavy atom. The molecule has 2 N–H and O–H groups in total. The first kappa shape index (κ1) is 16.9. The summed E-state index contributed by atoms with van der Waals surface area (Å²) in [4.78, 5) is 14.6. The quantitative estimate of drug-likeness (QED) is 0.848. The zero-order valence-electron chi connectivity index (χ0n) is 13.4. The van der Waals surface area contributed by atoms with Crippen LogP contribution in [0.3, 0.4) is 0 Å². The fourth-order valence-corrected chi connectivity index (χ4v) is 2.71. The van der Waals surface area contributed by atoms with Crippen LogP contribution in [0.5, 0.6) is 0 Å². The van der Waals surface area contributed by atoms with Crippen LogP contribution >= 0.6 is 0 Å². The normalized spacial score (nSPS) is 16.9. The van der Waals surface area contributed by atoms with Crippen LogP contribution in [-0.2, 0) is 4.79 Å². The minimum absolute atomic E-state index is 0.0477. The first-order chi connectivity index (χ1) is 10.5. The maximum absolute atomic E-state index is 12.9. The van der Waals surface area contributed by atoms with Crippen molar-refractivity contribution in [2.24, 2.45) is 5.92 Å². The molecule has 1 aliphatic rings. The zero-order chi connectivity index (χ0) is 15.9. The van der Waals surface area contributed by atoms with Crippen molar-refractivity contribution in [1.82, 2.24) is 10.2 Å². The SMILES string of the molecule is CC(C)NCCN1CCC(C(=O)Nc2ccc(F)cc2)CC1. The molecule has 1 amide bonds. The Kier molecular flexibility index (Phi) is 6.34. The molecule has 122 valence electrons. The molecule has 1 aliphatic heterocycles. The lowest BCUT2D eigenvalue weighted by atomic mass is 9.96. The second-order valence-corrected chi connectivity index (χ2v) is 6.22. The number of rotatable bonds is 6. The molecule has 4 nitrogen and oxygen atoms in total. The van der Waals surface area contributed by atoms with E-state index in [-0.39, 0.29) is 17.6 Å². The molecule has 1 aromatic carbocycles. The van der Waals surface area contributed by atoms with Gasteiger partial charge < -0.3 is 15.5 Å². The highest BCUT2D eigenvalue weighted by Gasteiger charge is 2.24. The van der Waals surface area contributed by atoms with Gasteiger partial charge in [0.25, 0.3) is 0 Å². The van der Waals surface area contributed by atoms with Gasteiger partial charge in [-0.1, -0.05) is 13.8 Å². The highest BCUT2D eigenvalue weighted by molar-refractivity contribution is 5.92. The Morgan fingerprint density at radius 2 is 1.91 bits per heavy atom. The van der Waals surface area contributed by atoms with E-state index in [4.69, 9.17) is 0 Å². The fraction of sp³-hybridized carbons (Fsp3) is 0.588. The fourth-order valence-electron chi connectivity index (χ4n) is 2.71. The number of hydrogen-bond donors (Lipinski definition) is 2. The summed E-state index contributed by atoms with van der Waals surface area (Å²) in [6.07, 6.45) is 1.77. The molecule has 0 unspecified atom stereocenters. The lowest BCUT2D eigenvalue weighted by Gasteiger charge is -2.31. The molecule has 1 saturated heterocycles. The molecule has 0 radical (unpaired) electrons. The number of amides is 1. The number of hydrogen-bond acceptors (Lipinski definition) is 3. The van der Waals surface area contributed by atoms with Crippen LogP contribution in [0.1, 0.15) is 26.7 Å². The van der Waals surface area contributed by atoms with Crippen molar-refractivity contribution in [3.8, 4) is 0 Å². The molecule has 22 heavy (non-hydrogen) atoms.